The molecular formula is C12H8Cl2N4. The number of rotatable bonds is 1. The minimum atomic E-state index is 0.388. The van der Waals surface area contributed by atoms with Gasteiger partial charge >= 0.3 is 0 Å². The first-order valence-corrected chi connectivity index (χ1v) is 6.05. The van der Waals surface area contributed by atoms with Crippen LogP contribution in [0.3, 0.4) is 0 Å². The average molecular weight is 279 g/mol. The van der Waals surface area contributed by atoms with Crippen LogP contribution in [0.1, 0.15) is 5.82 Å². The summed E-state index contributed by atoms with van der Waals surface area (Å²) in [5.74, 6) is 0.597. The zero-order valence-corrected chi connectivity index (χ0v) is 10.9. The van der Waals surface area contributed by atoms with E-state index < -0.39 is 0 Å². The second-order valence-corrected chi connectivity index (χ2v) is 4.55. The Balaban J connectivity index is 2.34. The lowest BCUT2D eigenvalue weighted by atomic mass is 10.3. The number of nitrogens with zero attached hydrogens (tertiary/aromatic N) is 4. The second-order valence-electron chi connectivity index (χ2n) is 3.80. The van der Waals surface area contributed by atoms with Crippen molar-refractivity contribution in [3.05, 3.63) is 46.6 Å². The Morgan fingerprint density at radius 2 is 1.94 bits per heavy atom. The molecule has 0 unspecified atom stereocenters. The lowest BCUT2D eigenvalue weighted by Gasteiger charge is -2.03. The normalized spacial score (nSPS) is 11.1. The third-order valence-electron chi connectivity index (χ3n) is 2.54. The van der Waals surface area contributed by atoms with Crippen LogP contribution in [0.15, 0.2) is 30.5 Å². The fraction of sp³-hybridized carbons (Fsp3) is 0.0833. The number of pyridine rings is 1. The van der Waals surface area contributed by atoms with E-state index in [1.54, 1.807) is 13.0 Å². The van der Waals surface area contributed by atoms with Gasteiger partial charge in [-0.05, 0) is 19.1 Å². The van der Waals surface area contributed by atoms with Crippen LogP contribution >= 0.6 is 23.2 Å². The number of hydrogen-bond acceptors (Lipinski definition) is 3. The van der Waals surface area contributed by atoms with Gasteiger partial charge in [-0.25, -0.2) is 15.0 Å². The Morgan fingerprint density at radius 3 is 2.72 bits per heavy atom. The van der Waals surface area contributed by atoms with E-state index in [9.17, 15) is 0 Å². The van der Waals surface area contributed by atoms with Crippen LogP contribution < -0.4 is 0 Å². The first-order valence-electron chi connectivity index (χ1n) is 5.29. The van der Waals surface area contributed by atoms with Gasteiger partial charge in [0.05, 0.1) is 5.69 Å². The van der Waals surface area contributed by atoms with Gasteiger partial charge in [0.15, 0.2) is 5.15 Å². The minimum absolute atomic E-state index is 0.388. The van der Waals surface area contributed by atoms with Gasteiger partial charge in [-0.3, -0.25) is 4.40 Å². The lowest BCUT2D eigenvalue weighted by molar-refractivity contribution is 1.04. The van der Waals surface area contributed by atoms with Gasteiger partial charge in [0.2, 0.25) is 0 Å². The molecule has 0 spiro atoms. The molecule has 3 heterocycles. The van der Waals surface area contributed by atoms with Crippen molar-refractivity contribution in [2.24, 2.45) is 0 Å². The molecule has 3 aromatic rings. The Bertz CT molecular complexity index is 716. The largest absolute Gasteiger partial charge is 0.297 e. The summed E-state index contributed by atoms with van der Waals surface area (Å²) in [5.41, 5.74) is 2.15. The molecule has 0 bridgehead atoms. The third kappa shape index (κ3) is 1.83. The van der Waals surface area contributed by atoms with Gasteiger partial charge in [-0.15, -0.1) is 0 Å². The van der Waals surface area contributed by atoms with Crippen molar-refractivity contribution < 1.29 is 0 Å². The van der Waals surface area contributed by atoms with Gasteiger partial charge in [-0.1, -0.05) is 29.3 Å². The molecule has 18 heavy (non-hydrogen) atoms. The van der Waals surface area contributed by atoms with Crippen molar-refractivity contribution in [3.63, 3.8) is 0 Å². The third-order valence-corrected chi connectivity index (χ3v) is 2.99. The van der Waals surface area contributed by atoms with Crippen molar-refractivity contribution in [1.82, 2.24) is 19.4 Å². The molecule has 6 heteroatoms. The molecule has 0 saturated carbocycles. The summed E-state index contributed by atoms with van der Waals surface area (Å²) in [6.45, 7) is 1.78. The Kier molecular flexibility index (Phi) is 2.69. The van der Waals surface area contributed by atoms with Crippen molar-refractivity contribution >= 4 is 28.8 Å². The van der Waals surface area contributed by atoms with E-state index in [4.69, 9.17) is 23.2 Å². The first-order chi connectivity index (χ1) is 8.65. The van der Waals surface area contributed by atoms with Crippen LogP contribution in [0.4, 0.5) is 0 Å². The number of fused-ring (bicyclic) bond motifs is 1. The molecule has 3 rings (SSSR count). The monoisotopic (exact) mass is 278 g/mol. The van der Waals surface area contributed by atoms with Crippen molar-refractivity contribution in [2.75, 3.05) is 0 Å². The van der Waals surface area contributed by atoms with E-state index in [1.165, 1.54) is 0 Å². The fourth-order valence-electron chi connectivity index (χ4n) is 1.85. The molecule has 0 aliphatic rings. The molecule has 0 aliphatic carbocycles. The second kappa shape index (κ2) is 4.23. The Hall–Kier alpha value is -1.65. The van der Waals surface area contributed by atoms with Gasteiger partial charge in [0.25, 0.3) is 0 Å². The van der Waals surface area contributed by atoms with Crippen LogP contribution in [0.25, 0.3) is 17.0 Å². The van der Waals surface area contributed by atoms with Gasteiger partial charge < -0.3 is 0 Å². The highest BCUT2D eigenvalue weighted by molar-refractivity contribution is 6.32. The van der Waals surface area contributed by atoms with E-state index in [0.29, 0.717) is 21.8 Å². The fourth-order valence-corrected chi connectivity index (χ4v) is 2.35. The maximum atomic E-state index is 6.17. The topological polar surface area (TPSA) is 43.1 Å². The molecule has 4 nitrogen and oxygen atoms in total. The predicted molar refractivity (Wildman–Crippen MR) is 71.0 cm³/mol. The molecule has 0 aliphatic heterocycles. The molecule has 0 saturated heterocycles. The summed E-state index contributed by atoms with van der Waals surface area (Å²) >= 11 is 12.1. The highest BCUT2D eigenvalue weighted by Crippen LogP contribution is 2.28. The summed E-state index contributed by atoms with van der Waals surface area (Å²) in [6.07, 6.45) is 1.88. The first kappa shape index (κ1) is 11.4. The molecule has 0 N–H and O–H groups in total. The molecule has 0 atom stereocenters. The maximum absolute atomic E-state index is 6.17. The van der Waals surface area contributed by atoms with E-state index >= 15 is 0 Å². The molecule has 90 valence electrons. The standard InChI is InChI=1S/C12H8Cl2N4/c1-7-15-8(6-9(13)16-7)11-12(14)17-10-4-2-3-5-18(10)11/h2-6H,1H3. The summed E-state index contributed by atoms with van der Waals surface area (Å²) in [4.78, 5) is 12.7. The van der Waals surface area contributed by atoms with Gasteiger partial charge in [0.1, 0.15) is 22.3 Å². The Labute approximate surface area is 113 Å². The zero-order valence-electron chi connectivity index (χ0n) is 9.43. The van der Waals surface area contributed by atoms with E-state index in [-0.39, 0.29) is 0 Å². The highest BCUT2D eigenvalue weighted by Gasteiger charge is 2.14. The number of halogens is 2. The van der Waals surface area contributed by atoms with Crippen LogP contribution in [0.2, 0.25) is 10.3 Å². The van der Waals surface area contributed by atoms with E-state index in [0.717, 1.165) is 11.3 Å². The molecule has 0 radical (unpaired) electrons. The smallest absolute Gasteiger partial charge is 0.157 e. The Morgan fingerprint density at radius 1 is 1.11 bits per heavy atom. The van der Waals surface area contributed by atoms with Crippen LogP contribution in [0, 0.1) is 6.92 Å². The summed E-state index contributed by atoms with van der Waals surface area (Å²) in [5, 5.41) is 0.787. The highest BCUT2D eigenvalue weighted by atomic mass is 35.5. The van der Waals surface area contributed by atoms with Crippen molar-refractivity contribution in [3.8, 4) is 11.4 Å². The van der Waals surface area contributed by atoms with E-state index in [2.05, 4.69) is 15.0 Å². The molecule has 0 fully saturated rings. The van der Waals surface area contributed by atoms with Gasteiger partial charge in [-0.2, -0.15) is 0 Å². The summed E-state index contributed by atoms with van der Waals surface area (Å²) in [6, 6.07) is 7.37. The number of aromatic nitrogens is 4. The van der Waals surface area contributed by atoms with Crippen LogP contribution in [-0.4, -0.2) is 19.4 Å². The zero-order chi connectivity index (χ0) is 12.7. The maximum Gasteiger partial charge on any atom is 0.157 e. The predicted octanol–water partition coefficient (Wildman–Crippen LogP) is 3.41. The number of aryl methyl sites for hydroxylation is 1. The molecule has 0 aromatic carbocycles. The lowest BCUT2D eigenvalue weighted by Crippen LogP contribution is -1.95. The minimum Gasteiger partial charge on any atom is -0.297 e. The summed E-state index contributed by atoms with van der Waals surface area (Å²) < 4.78 is 1.88. The number of imidazole rings is 1. The molecule has 0 amide bonds. The van der Waals surface area contributed by atoms with Crippen molar-refractivity contribution in [2.45, 2.75) is 6.92 Å². The van der Waals surface area contributed by atoms with Gasteiger partial charge in [0, 0.05) is 12.3 Å². The average Bonchev–Trinajstić information content (AvgIpc) is 2.63. The van der Waals surface area contributed by atoms with Crippen molar-refractivity contribution in [1.29, 1.82) is 0 Å². The van der Waals surface area contributed by atoms with E-state index in [1.807, 2.05) is 28.8 Å². The summed E-state index contributed by atoms with van der Waals surface area (Å²) in [7, 11) is 0. The number of hydrogen-bond donors (Lipinski definition) is 0. The quantitative estimate of drug-likeness (QED) is 0.641. The molecule has 3 aromatic heterocycles. The van der Waals surface area contributed by atoms with Crippen LogP contribution in [0.5, 0.6) is 0 Å². The van der Waals surface area contributed by atoms with Crippen LogP contribution in [-0.2, 0) is 0 Å². The SMILES string of the molecule is Cc1nc(Cl)cc(-c2c(Cl)nc3ccccn23)n1. The molecular weight excluding hydrogens is 271 g/mol.